The Kier molecular flexibility index (Phi) is 6.06. The van der Waals surface area contributed by atoms with Crippen LogP contribution in [0.25, 0.3) is 0 Å². The Morgan fingerprint density at radius 1 is 0.733 bits per heavy atom. The van der Waals surface area contributed by atoms with Gasteiger partial charge in [0.1, 0.15) is 0 Å². The van der Waals surface area contributed by atoms with E-state index in [1.807, 2.05) is 12.1 Å². The third-order valence-corrected chi connectivity index (χ3v) is 12.2. The molecule has 4 rings (SSSR count). The van der Waals surface area contributed by atoms with Crippen molar-refractivity contribution >= 4 is 29.7 Å². The van der Waals surface area contributed by atoms with Crippen molar-refractivity contribution in [1.29, 1.82) is 0 Å². The van der Waals surface area contributed by atoms with Crippen molar-refractivity contribution in [3.05, 3.63) is 29.8 Å². The van der Waals surface area contributed by atoms with Crippen LogP contribution in [0.15, 0.2) is 29.2 Å². The van der Waals surface area contributed by atoms with E-state index in [0.717, 1.165) is 18.4 Å². The highest BCUT2D eigenvalue weighted by Gasteiger charge is 2.46. The molecule has 2 aliphatic heterocycles. The van der Waals surface area contributed by atoms with E-state index >= 15 is 0 Å². The smallest absolute Gasteiger partial charge is 0.229 e. The molecule has 0 aromatic heterocycles. The van der Waals surface area contributed by atoms with Crippen LogP contribution >= 0.6 is 0 Å². The van der Waals surface area contributed by atoms with Crippen molar-refractivity contribution in [2.24, 2.45) is 0 Å². The van der Waals surface area contributed by atoms with E-state index in [2.05, 4.69) is 0 Å². The summed E-state index contributed by atoms with van der Waals surface area (Å²) in [6.07, 6.45) is 6.24. The third-order valence-electron chi connectivity index (χ3n) is 6.67. The lowest BCUT2D eigenvalue weighted by molar-refractivity contribution is 0.280. The maximum Gasteiger partial charge on any atom is 0.243 e. The van der Waals surface area contributed by atoms with E-state index in [-0.39, 0.29) is 40.7 Å². The minimum Gasteiger partial charge on any atom is -0.229 e. The standard InChI is InChI=1S/C20H29NO6S3/c22-28(23)12-10-18(14-28)21(19-11-13-29(24,25)15-19)30(26,27)20-8-6-17(7-9-20)16-4-2-1-3-5-16/h6-9,16,18-19H,1-5,10-15H2/t18-,19-/m0/s1. The average molecular weight is 476 g/mol. The summed E-state index contributed by atoms with van der Waals surface area (Å²) in [5, 5.41) is 0. The molecular weight excluding hydrogens is 446 g/mol. The van der Waals surface area contributed by atoms with Gasteiger partial charge in [0.25, 0.3) is 0 Å². The molecule has 1 saturated carbocycles. The minimum absolute atomic E-state index is 0.0657. The Morgan fingerprint density at radius 2 is 1.23 bits per heavy atom. The van der Waals surface area contributed by atoms with Crippen molar-refractivity contribution in [1.82, 2.24) is 4.31 Å². The average Bonchev–Trinajstić information content (AvgIpc) is 3.23. The van der Waals surface area contributed by atoms with Crippen LogP contribution in [0.5, 0.6) is 0 Å². The Bertz CT molecular complexity index is 1040. The van der Waals surface area contributed by atoms with Gasteiger partial charge in [-0.3, -0.25) is 0 Å². The summed E-state index contributed by atoms with van der Waals surface area (Å²) in [6.45, 7) is 0. The molecule has 3 fully saturated rings. The molecule has 10 heteroatoms. The van der Waals surface area contributed by atoms with Crippen molar-refractivity contribution in [3.8, 4) is 0 Å². The summed E-state index contributed by atoms with van der Waals surface area (Å²) in [7, 11) is -10.6. The Hall–Kier alpha value is -0.970. The Balaban J connectivity index is 1.65. The first-order chi connectivity index (χ1) is 14.1. The first kappa shape index (κ1) is 22.2. The maximum atomic E-state index is 13.6. The summed E-state index contributed by atoms with van der Waals surface area (Å²) < 4.78 is 76.4. The number of hydrogen-bond acceptors (Lipinski definition) is 6. The predicted octanol–water partition coefficient (Wildman–Crippen LogP) is 2.10. The molecule has 1 aromatic rings. The van der Waals surface area contributed by atoms with Gasteiger partial charge in [0.05, 0.1) is 27.9 Å². The first-order valence-electron chi connectivity index (χ1n) is 10.6. The quantitative estimate of drug-likeness (QED) is 0.646. The summed E-state index contributed by atoms with van der Waals surface area (Å²) in [4.78, 5) is 0.107. The topological polar surface area (TPSA) is 106 Å². The van der Waals surface area contributed by atoms with Crippen LogP contribution < -0.4 is 0 Å². The van der Waals surface area contributed by atoms with Crippen LogP contribution in [0.1, 0.15) is 56.4 Å². The van der Waals surface area contributed by atoms with Gasteiger partial charge < -0.3 is 0 Å². The molecule has 168 valence electrons. The fraction of sp³-hybridized carbons (Fsp3) is 0.700. The highest BCUT2D eigenvalue weighted by molar-refractivity contribution is 7.92. The fourth-order valence-electron chi connectivity index (χ4n) is 5.11. The molecule has 0 N–H and O–H groups in total. The SMILES string of the molecule is O=S1(=O)CC[C@H](N([C@H]2CCS(=O)(=O)C2)S(=O)(=O)c2ccc(C3CCCCC3)cc2)C1. The van der Waals surface area contributed by atoms with Crippen molar-refractivity contribution < 1.29 is 25.3 Å². The van der Waals surface area contributed by atoms with E-state index in [1.54, 1.807) is 12.1 Å². The first-order valence-corrected chi connectivity index (χ1v) is 15.7. The van der Waals surface area contributed by atoms with Crippen LogP contribution in [-0.4, -0.2) is 64.7 Å². The van der Waals surface area contributed by atoms with Crippen LogP contribution in [0.2, 0.25) is 0 Å². The van der Waals surface area contributed by atoms with Crippen molar-refractivity contribution in [2.45, 2.75) is 67.8 Å². The normalized spacial score (nSPS) is 29.4. The minimum atomic E-state index is -4.01. The van der Waals surface area contributed by atoms with Crippen LogP contribution in [-0.2, 0) is 29.7 Å². The van der Waals surface area contributed by atoms with Crippen molar-refractivity contribution in [2.75, 3.05) is 23.0 Å². The number of hydrogen-bond donors (Lipinski definition) is 0. The number of nitrogens with zero attached hydrogens (tertiary/aromatic N) is 1. The molecule has 0 unspecified atom stereocenters. The molecule has 0 spiro atoms. The number of rotatable bonds is 5. The third kappa shape index (κ3) is 4.61. The predicted molar refractivity (Wildman–Crippen MR) is 115 cm³/mol. The van der Waals surface area contributed by atoms with Crippen LogP contribution in [0.4, 0.5) is 0 Å². The second-order valence-electron chi connectivity index (χ2n) is 8.85. The second kappa shape index (κ2) is 8.18. The fourth-order valence-corrected chi connectivity index (χ4v) is 10.6. The van der Waals surface area contributed by atoms with Crippen LogP contribution in [0.3, 0.4) is 0 Å². The molecule has 0 radical (unpaired) electrons. The number of sulfone groups is 2. The van der Waals surface area contributed by atoms with E-state index in [0.29, 0.717) is 5.92 Å². The highest BCUT2D eigenvalue weighted by atomic mass is 32.2. The van der Waals surface area contributed by atoms with Gasteiger partial charge in [-0.05, 0) is 49.3 Å². The molecule has 0 amide bonds. The lowest BCUT2D eigenvalue weighted by atomic mass is 9.84. The molecule has 1 aliphatic carbocycles. The van der Waals surface area contributed by atoms with Gasteiger partial charge in [0, 0.05) is 12.1 Å². The molecule has 7 nitrogen and oxygen atoms in total. The lowest BCUT2D eigenvalue weighted by Gasteiger charge is -2.32. The largest absolute Gasteiger partial charge is 0.243 e. The maximum absolute atomic E-state index is 13.6. The highest BCUT2D eigenvalue weighted by Crippen LogP contribution is 2.35. The van der Waals surface area contributed by atoms with Gasteiger partial charge in [0.2, 0.25) is 10.0 Å². The van der Waals surface area contributed by atoms with Gasteiger partial charge in [-0.2, -0.15) is 4.31 Å². The molecule has 2 saturated heterocycles. The van der Waals surface area contributed by atoms with E-state index in [9.17, 15) is 25.3 Å². The van der Waals surface area contributed by atoms with Gasteiger partial charge in [-0.1, -0.05) is 31.4 Å². The van der Waals surface area contributed by atoms with E-state index in [4.69, 9.17) is 0 Å². The molecule has 0 bridgehead atoms. The molecule has 2 atom stereocenters. The summed E-state index contributed by atoms with van der Waals surface area (Å²) in [5.74, 6) is -0.175. The summed E-state index contributed by atoms with van der Waals surface area (Å²) >= 11 is 0. The zero-order valence-electron chi connectivity index (χ0n) is 16.9. The van der Waals surface area contributed by atoms with Gasteiger partial charge in [-0.25, -0.2) is 25.3 Å². The monoisotopic (exact) mass is 475 g/mol. The second-order valence-corrected chi connectivity index (χ2v) is 15.2. The molecule has 30 heavy (non-hydrogen) atoms. The van der Waals surface area contributed by atoms with Gasteiger partial charge in [0.15, 0.2) is 19.7 Å². The van der Waals surface area contributed by atoms with Gasteiger partial charge in [-0.15, -0.1) is 0 Å². The number of benzene rings is 1. The molecule has 1 aromatic carbocycles. The lowest BCUT2D eigenvalue weighted by Crippen LogP contribution is -2.48. The summed E-state index contributed by atoms with van der Waals surface area (Å²) in [5.41, 5.74) is 1.13. The van der Waals surface area contributed by atoms with E-state index in [1.165, 1.54) is 23.6 Å². The Labute approximate surface area is 179 Å². The molecular formula is C20H29NO6S3. The number of sulfonamides is 1. The van der Waals surface area contributed by atoms with Crippen LogP contribution in [0, 0.1) is 0 Å². The Morgan fingerprint density at radius 3 is 1.67 bits per heavy atom. The zero-order chi connectivity index (χ0) is 21.6. The molecule has 2 heterocycles. The zero-order valence-corrected chi connectivity index (χ0v) is 19.4. The van der Waals surface area contributed by atoms with E-state index < -0.39 is 41.8 Å². The van der Waals surface area contributed by atoms with Crippen molar-refractivity contribution in [3.63, 3.8) is 0 Å². The van der Waals surface area contributed by atoms with Gasteiger partial charge >= 0.3 is 0 Å². The summed E-state index contributed by atoms with van der Waals surface area (Å²) in [6, 6.07) is 5.49. The molecule has 3 aliphatic rings.